The molecule has 1 aromatic heterocycles. The van der Waals surface area contributed by atoms with Gasteiger partial charge in [-0.25, -0.2) is 9.78 Å². The molecule has 1 aliphatic carbocycles. The van der Waals surface area contributed by atoms with Crippen molar-refractivity contribution in [1.29, 1.82) is 0 Å². The Hall–Kier alpha value is -3.20. The lowest BCUT2D eigenvalue weighted by Gasteiger charge is -2.33. The van der Waals surface area contributed by atoms with Crippen molar-refractivity contribution in [3.05, 3.63) is 41.9 Å². The Labute approximate surface area is 237 Å². The van der Waals surface area contributed by atoms with Gasteiger partial charge >= 0.3 is 11.9 Å². The van der Waals surface area contributed by atoms with E-state index in [1.54, 1.807) is 14.0 Å². The van der Waals surface area contributed by atoms with Crippen molar-refractivity contribution < 1.29 is 33.0 Å². The van der Waals surface area contributed by atoms with Crippen molar-refractivity contribution in [3.8, 4) is 11.3 Å². The Kier molecular flexibility index (Phi) is 10.9. The summed E-state index contributed by atoms with van der Waals surface area (Å²) in [5, 5.41) is 2.95. The maximum Gasteiger partial charge on any atom is 0.329 e. The minimum absolute atomic E-state index is 0.0491. The predicted octanol–water partition coefficient (Wildman–Crippen LogP) is 5.19. The number of nitrogens with zero attached hydrogens (tertiary/aromatic N) is 1. The van der Waals surface area contributed by atoms with Crippen LogP contribution < -0.4 is 5.32 Å². The third-order valence-corrected chi connectivity index (χ3v) is 7.22. The summed E-state index contributed by atoms with van der Waals surface area (Å²) in [5.74, 6) is -0.706. The van der Waals surface area contributed by atoms with Crippen LogP contribution in [0.25, 0.3) is 11.3 Å². The second kappa shape index (κ2) is 13.9. The zero-order valence-electron chi connectivity index (χ0n) is 24.7. The van der Waals surface area contributed by atoms with Gasteiger partial charge < -0.3 is 23.9 Å². The van der Waals surface area contributed by atoms with Crippen LogP contribution in [0, 0.1) is 18.3 Å². The predicted molar refractivity (Wildman–Crippen MR) is 150 cm³/mol. The number of hydrogen-bond donors (Lipinski definition) is 1. The number of amides is 1. The molecule has 40 heavy (non-hydrogen) atoms. The van der Waals surface area contributed by atoms with Crippen LogP contribution in [0.4, 0.5) is 0 Å². The molecular weight excluding hydrogens is 512 g/mol. The summed E-state index contributed by atoms with van der Waals surface area (Å²) in [5.41, 5.74) is 0.127. The lowest BCUT2D eigenvalue weighted by Crippen LogP contribution is -2.50. The number of nitrogens with one attached hydrogen (secondary N) is 1. The molecule has 2 aromatic rings. The number of oxazole rings is 1. The highest BCUT2D eigenvalue weighted by Crippen LogP contribution is 2.44. The van der Waals surface area contributed by atoms with E-state index in [4.69, 9.17) is 18.6 Å². The van der Waals surface area contributed by atoms with Crippen LogP contribution in [0.3, 0.4) is 0 Å². The molecule has 1 fully saturated rings. The topological polar surface area (TPSA) is 117 Å². The van der Waals surface area contributed by atoms with Crippen LogP contribution >= 0.6 is 0 Å². The number of benzene rings is 1. The fraction of sp³-hybridized carbons (Fsp3) is 0.613. The summed E-state index contributed by atoms with van der Waals surface area (Å²) in [4.78, 5) is 44.6. The Morgan fingerprint density at radius 1 is 1.10 bits per heavy atom. The lowest BCUT2D eigenvalue weighted by atomic mass is 9.75. The van der Waals surface area contributed by atoms with Crippen LogP contribution in [0.1, 0.15) is 77.8 Å². The molecule has 0 saturated heterocycles. The molecular formula is C31H44N2O7. The summed E-state index contributed by atoms with van der Waals surface area (Å²) < 4.78 is 22.3. The van der Waals surface area contributed by atoms with Crippen molar-refractivity contribution in [2.24, 2.45) is 11.3 Å². The number of carbonyl (C=O) groups excluding carboxylic acids is 3. The van der Waals surface area contributed by atoms with Crippen molar-refractivity contribution in [2.45, 2.75) is 91.2 Å². The van der Waals surface area contributed by atoms with Gasteiger partial charge in [-0.3, -0.25) is 9.59 Å². The smallest absolute Gasteiger partial charge is 0.329 e. The van der Waals surface area contributed by atoms with E-state index in [1.165, 1.54) is 0 Å². The van der Waals surface area contributed by atoms with Crippen LogP contribution in [0.5, 0.6) is 0 Å². The van der Waals surface area contributed by atoms with Gasteiger partial charge in [-0.1, -0.05) is 43.2 Å². The number of aromatic nitrogens is 1. The van der Waals surface area contributed by atoms with E-state index >= 15 is 0 Å². The van der Waals surface area contributed by atoms with Gasteiger partial charge in [0, 0.05) is 19.3 Å². The minimum Gasteiger partial charge on any atom is -0.464 e. The summed E-state index contributed by atoms with van der Waals surface area (Å²) in [6, 6.07) is 8.62. The Balaban J connectivity index is 1.83. The van der Waals surface area contributed by atoms with Crippen molar-refractivity contribution in [2.75, 3.05) is 20.3 Å². The number of rotatable bonds is 13. The standard InChI is InChI=1S/C31H44N2O7/c1-7-38-28(35)24(19-25-32-21(2)26(39-25)22-13-9-8-10-14-22)33-29(36)31(16-11-12-17-31)20-23(15-18-37-6)27(34)40-30(3,4)5/h8-10,13-14,23-24H,7,11-12,15-20H2,1-6H3,(H,33,36)/t23-,24+/m1/s1. The van der Waals surface area contributed by atoms with Gasteiger partial charge in [0.1, 0.15) is 11.6 Å². The van der Waals surface area contributed by atoms with E-state index in [9.17, 15) is 14.4 Å². The van der Waals surface area contributed by atoms with Crippen LogP contribution in [0.2, 0.25) is 0 Å². The second-order valence-electron chi connectivity index (χ2n) is 11.6. The number of methoxy groups -OCH3 is 1. The molecule has 1 N–H and O–H groups in total. The fourth-order valence-electron chi connectivity index (χ4n) is 5.31. The molecule has 1 heterocycles. The average Bonchev–Trinajstić information content (AvgIpc) is 3.52. The molecule has 2 atom stereocenters. The quantitative estimate of drug-likeness (QED) is 0.335. The van der Waals surface area contributed by atoms with E-state index in [0.29, 0.717) is 49.6 Å². The van der Waals surface area contributed by atoms with Crippen molar-refractivity contribution in [3.63, 3.8) is 0 Å². The van der Waals surface area contributed by atoms with E-state index in [2.05, 4.69) is 10.3 Å². The highest BCUT2D eigenvalue weighted by Gasteiger charge is 2.46. The fourth-order valence-corrected chi connectivity index (χ4v) is 5.31. The molecule has 220 valence electrons. The summed E-state index contributed by atoms with van der Waals surface area (Å²) in [6.45, 7) is 9.60. The minimum atomic E-state index is -0.981. The van der Waals surface area contributed by atoms with Crippen molar-refractivity contribution >= 4 is 17.8 Å². The molecule has 0 spiro atoms. The first-order valence-electron chi connectivity index (χ1n) is 14.2. The van der Waals surface area contributed by atoms with E-state index in [-0.39, 0.29) is 24.9 Å². The normalized spacial score (nSPS) is 16.2. The number of carbonyl (C=O) groups is 3. The first-order valence-corrected chi connectivity index (χ1v) is 14.2. The van der Waals surface area contributed by atoms with Gasteiger partial charge in [-0.15, -0.1) is 0 Å². The molecule has 1 amide bonds. The third-order valence-electron chi connectivity index (χ3n) is 7.22. The van der Waals surface area contributed by atoms with E-state index in [1.807, 2.05) is 58.0 Å². The Bertz CT molecular complexity index is 1130. The highest BCUT2D eigenvalue weighted by atomic mass is 16.6. The maximum atomic E-state index is 13.9. The van der Waals surface area contributed by atoms with Crippen molar-refractivity contribution in [1.82, 2.24) is 10.3 Å². The van der Waals surface area contributed by atoms with Crippen LogP contribution in [0.15, 0.2) is 34.7 Å². The molecule has 0 bridgehead atoms. The molecule has 0 radical (unpaired) electrons. The summed E-state index contributed by atoms with van der Waals surface area (Å²) >= 11 is 0. The Morgan fingerprint density at radius 3 is 2.38 bits per heavy atom. The maximum absolute atomic E-state index is 13.9. The lowest BCUT2D eigenvalue weighted by molar-refractivity contribution is -0.162. The average molecular weight is 557 g/mol. The van der Waals surface area contributed by atoms with Crippen LogP contribution in [-0.2, 0) is 35.0 Å². The van der Waals surface area contributed by atoms with Gasteiger partial charge in [0.2, 0.25) is 5.91 Å². The second-order valence-corrected chi connectivity index (χ2v) is 11.6. The molecule has 1 aliphatic rings. The molecule has 1 saturated carbocycles. The number of esters is 2. The van der Waals surface area contributed by atoms with Gasteiger partial charge in [-0.2, -0.15) is 0 Å². The van der Waals surface area contributed by atoms with Gasteiger partial charge in [0.05, 0.1) is 30.1 Å². The molecule has 0 unspecified atom stereocenters. The Morgan fingerprint density at radius 2 is 1.77 bits per heavy atom. The SMILES string of the molecule is CCOC(=O)[C@H](Cc1nc(C)c(-c2ccccc2)o1)NC(=O)C1(C[C@@H](CCOC)C(=O)OC(C)(C)C)CCCC1. The van der Waals surface area contributed by atoms with E-state index in [0.717, 1.165) is 18.4 Å². The first kappa shape index (κ1) is 31.3. The third kappa shape index (κ3) is 8.40. The molecule has 9 heteroatoms. The summed E-state index contributed by atoms with van der Waals surface area (Å²) in [7, 11) is 1.59. The van der Waals surface area contributed by atoms with Gasteiger partial charge in [0.15, 0.2) is 11.7 Å². The molecule has 3 rings (SSSR count). The monoisotopic (exact) mass is 556 g/mol. The van der Waals surface area contributed by atoms with Gasteiger partial charge in [-0.05, 0) is 60.3 Å². The molecule has 0 aliphatic heterocycles. The number of aryl methyl sites for hydroxylation is 1. The highest BCUT2D eigenvalue weighted by molar-refractivity contribution is 5.89. The van der Waals surface area contributed by atoms with Gasteiger partial charge in [0.25, 0.3) is 0 Å². The zero-order chi connectivity index (χ0) is 29.3. The molecule has 1 aromatic carbocycles. The van der Waals surface area contributed by atoms with Crippen LogP contribution in [-0.4, -0.2) is 54.8 Å². The number of ether oxygens (including phenoxy) is 3. The van der Waals surface area contributed by atoms with E-state index < -0.39 is 28.9 Å². The largest absolute Gasteiger partial charge is 0.464 e. The number of hydrogen-bond acceptors (Lipinski definition) is 8. The first-order chi connectivity index (χ1) is 19.0. The zero-order valence-corrected chi connectivity index (χ0v) is 24.7. The summed E-state index contributed by atoms with van der Waals surface area (Å²) in [6.07, 6.45) is 3.79. The molecule has 9 nitrogen and oxygen atoms in total.